The topological polar surface area (TPSA) is 51.0 Å². The molecule has 21 heavy (non-hydrogen) atoms. The first-order chi connectivity index (χ1) is 10.3. The highest BCUT2D eigenvalue weighted by atomic mass is 16.5. The van der Waals surface area contributed by atoms with Gasteiger partial charge in [0.15, 0.2) is 0 Å². The summed E-state index contributed by atoms with van der Waals surface area (Å²) in [4.78, 5) is 4.54. The van der Waals surface area contributed by atoms with Crippen LogP contribution in [0.3, 0.4) is 0 Å². The van der Waals surface area contributed by atoms with Crippen LogP contribution in [0.15, 0.2) is 47.0 Å². The summed E-state index contributed by atoms with van der Waals surface area (Å²) in [5.41, 5.74) is 5.78. The molecule has 104 valence electrons. The van der Waals surface area contributed by atoms with Gasteiger partial charge >= 0.3 is 0 Å². The van der Waals surface area contributed by atoms with E-state index >= 15 is 0 Å². The molecule has 4 nitrogen and oxygen atoms in total. The quantitative estimate of drug-likeness (QED) is 0.780. The SMILES string of the molecule is Cc1ccccc1-c1noc(-c2ccc3c(c2)CNC3)n1. The van der Waals surface area contributed by atoms with Gasteiger partial charge in [0.05, 0.1) is 0 Å². The van der Waals surface area contributed by atoms with Crippen molar-refractivity contribution in [1.82, 2.24) is 15.5 Å². The lowest BCUT2D eigenvalue weighted by molar-refractivity contribution is 0.432. The molecule has 0 spiro atoms. The van der Waals surface area contributed by atoms with Crippen LogP contribution in [0.5, 0.6) is 0 Å². The highest BCUT2D eigenvalue weighted by Crippen LogP contribution is 2.27. The Kier molecular flexibility index (Phi) is 2.82. The van der Waals surface area contributed by atoms with Gasteiger partial charge in [0.1, 0.15) is 0 Å². The fraction of sp³-hybridized carbons (Fsp3) is 0.176. The molecule has 0 radical (unpaired) electrons. The Labute approximate surface area is 122 Å². The van der Waals surface area contributed by atoms with Gasteiger partial charge in [0.25, 0.3) is 5.89 Å². The number of fused-ring (bicyclic) bond motifs is 1. The Morgan fingerprint density at radius 3 is 2.81 bits per heavy atom. The Balaban J connectivity index is 1.73. The second-order valence-electron chi connectivity index (χ2n) is 5.33. The van der Waals surface area contributed by atoms with E-state index in [4.69, 9.17) is 4.52 Å². The maximum Gasteiger partial charge on any atom is 0.258 e. The van der Waals surface area contributed by atoms with E-state index in [9.17, 15) is 0 Å². The average molecular weight is 277 g/mol. The molecule has 3 aromatic rings. The second kappa shape index (κ2) is 4.82. The molecular formula is C17H15N3O. The molecule has 0 fully saturated rings. The van der Waals surface area contributed by atoms with E-state index in [1.807, 2.05) is 37.3 Å². The van der Waals surface area contributed by atoms with Crippen LogP contribution in [-0.2, 0) is 13.1 Å². The zero-order valence-corrected chi connectivity index (χ0v) is 11.8. The van der Waals surface area contributed by atoms with Gasteiger partial charge in [-0.2, -0.15) is 4.98 Å². The number of benzene rings is 2. The van der Waals surface area contributed by atoms with Crippen LogP contribution < -0.4 is 5.32 Å². The van der Waals surface area contributed by atoms with Crippen molar-refractivity contribution in [3.63, 3.8) is 0 Å². The van der Waals surface area contributed by atoms with Gasteiger partial charge in [0, 0.05) is 24.2 Å². The maximum absolute atomic E-state index is 5.44. The summed E-state index contributed by atoms with van der Waals surface area (Å²) < 4.78 is 5.44. The summed E-state index contributed by atoms with van der Waals surface area (Å²) in [5, 5.41) is 7.45. The van der Waals surface area contributed by atoms with Crippen LogP contribution >= 0.6 is 0 Å². The van der Waals surface area contributed by atoms with E-state index < -0.39 is 0 Å². The molecule has 2 aromatic carbocycles. The normalized spacial score (nSPS) is 13.4. The van der Waals surface area contributed by atoms with Crippen molar-refractivity contribution in [2.45, 2.75) is 20.0 Å². The number of nitrogens with one attached hydrogen (secondary N) is 1. The smallest absolute Gasteiger partial charge is 0.258 e. The molecule has 0 saturated carbocycles. The van der Waals surface area contributed by atoms with Crippen molar-refractivity contribution < 1.29 is 4.52 Å². The largest absolute Gasteiger partial charge is 0.334 e. The van der Waals surface area contributed by atoms with Gasteiger partial charge in [-0.05, 0) is 35.7 Å². The highest BCUT2D eigenvalue weighted by molar-refractivity contribution is 5.63. The van der Waals surface area contributed by atoms with Crippen molar-refractivity contribution in [2.24, 2.45) is 0 Å². The minimum Gasteiger partial charge on any atom is -0.334 e. The number of aromatic nitrogens is 2. The fourth-order valence-electron chi connectivity index (χ4n) is 2.70. The van der Waals surface area contributed by atoms with Gasteiger partial charge in [-0.1, -0.05) is 35.5 Å². The summed E-state index contributed by atoms with van der Waals surface area (Å²) in [5.74, 6) is 1.21. The summed E-state index contributed by atoms with van der Waals surface area (Å²) in [6, 6.07) is 14.4. The van der Waals surface area contributed by atoms with Crippen molar-refractivity contribution in [3.8, 4) is 22.8 Å². The Morgan fingerprint density at radius 1 is 1.05 bits per heavy atom. The lowest BCUT2D eigenvalue weighted by Gasteiger charge is -2.00. The predicted molar refractivity (Wildman–Crippen MR) is 80.5 cm³/mol. The first kappa shape index (κ1) is 12.3. The first-order valence-corrected chi connectivity index (χ1v) is 7.04. The van der Waals surface area contributed by atoms with Crippen molar-refractivity contribution >= 4 is 0 Å². The predicted octanol–water partition coefficient (Wildman–Crippen LogP) is 3.32. The van der Waals surface area contributed by atoms with Crippen LogP contribution in [0, 0.1) is 6.92 Å². The average Bonchev–Trinajstić information content (AvgIpc) is 3.16. The Morgan fingerprint density at radius 2 is 1.90 bits per heavy atom. The summed E-state index contributed by atoms with van der Waals surface area (Å²) in [7, 11) is 0. The number of nitrogens with zero attached hydrogens (tertiary/aromatic N) is 2. The molecule has 1 N–H and O–H groups in total. The molecule has 2 heterocycles. The van der Waals surface area contributed by atoms with Crippen molar-refractivity contribution in [1.29, 1.82) is 0 Å². The summed E-state index contributed by atoms with van der Waals surface area (Å²) >= 11 is 0. The van der Waals surface area contributed by atoms with Gasteiger partial charge in [-0.15, -0.1) is 0 Å². The fourth-order valence-corrected chi connectivity index (χ4v) is 2.70. The van der Waals surface area contributed by atoms with Gasteiger partial charge in [-0.25, -0.2) is 0 Å². The molecule has 1 aliphatic heterocycles. The zero-order chi connectivity index (χ0) is 14.2. The monoisotopic (exact) mass is 277 g/mol. The van der Waals surface area contributed by atoms with Gasteiger partial charge < -0.3 is 9.84 Å². The minimum atomic E-state index is 0.572. The molecule has 1 aliphatic rings. The summed E-state index contributed by atoms with van der Waals surface area (Å²) in [6.07, 6.45) is 0. The molecule has 0 aliphatic carbocycles. The van der Waals surface area contributed by atoms with E-state index in [-0.39, 0.29) is 0 Å². The molecule has 0 bridgehead atoms. The third-order valence-corrected chi connectivity index (χ3v) is 3.90. The Bertz CT molecular complexity index is 807. The number of hydrogen-bond donors (Lipinski definition) is 1. The standard InChI is InChI=1S/C17H15N3O/c1-11-4-2-3-5-15(11)16-19-17(21-20-16)12-6-7-13-9-18-10-14(13)8-12/h2-8,18H,9-10H2,1H3. The van der Waals surface area contributed by atoms with Gasteiger partial charge in [-0.3, -0.25) is 0 Å². The third-order valence-electron chi connectivity index (χ3n) is 3.90. The molecular weight excluding hydrogens is 262 g/mol. The first-order valence-electron chi connectivity index (χ1n) is 7.04. The summed E-state index contributed by atoms with van der Waals surface area (Å²) in [6.45, 7) is 3.89. The second-order valence-corrected chi connectivity index (χ2v) is 5.33. The van der Waals surface area contributed by atoms with Crippen LogP contribution in [0.1, 0.15) is 16.7 Å². The van der Waals surface area contributed by atoms with Crippen LogP contribution in [0.25, 0.3) is 22.8 Å². The van der Waals surface area contributed by atoms with Crippen LogP contribution in [-0.4, -0.2) is 10.1 Å². The molecule has 4 rings (SSSR count). The lowest BCUT2D eigenvalue weighted by Crippen LogP contribution is -1.99. The number of rotatable bonds is 2. The third kappa shape index (κ3) is 2.14. The van der Waals surface area contributed by atoms with Crippen molar-refractivity contribution in [3.05, 3.63) is 59.2 Å². The lowest BCUT2D eigenvalue weighted by atomic mass is 10.1. The molecule has 0 atom stereocenters. The van der Waals surface area contributed by atoms with E-state index in [0.29, 0.717) is 11.7 Å². The van der Waals surface area contributed by atoms with Crippen molar-refractivity contribution in [2.75, 3.05) is 0 Å². The molecule has 0 saturated heterocycles. The van der Waals surface area contributed by atoms with Gasteiger partial charge in [0.2, 0.25) is 5.82 Å². The zero-order valence-electron chi connectivity index (χ0n) is 11.8. The minimum absolute atomic E-state index is 0.572. The highest BCUT2D eigenvalue weighted by Gasteiger charge is 2.15. The van der Waals surface area contributed by atoms with E-state index in [2.05, 4.69) is 27.6 Å². The number of aryl methyl sites for hydroxylation is 1. The molecule has 0 amide bonds. The molecule has 0 unspecified atom stereocenters. The molecule has 1 aromatic heterocycles. The maximum atomic E-state index is 5.44. The van der Waals surface area contributed by atoms with E-state index in [1.165, 1.54) is 11.1 Å². The van der Waals surface area contributed by atoms with E-state index in [0.717, 1.165) is 29.8 Å². The Hall–Kier alpha value is -2.46. The van der Waals surface area contributed by atoms with Crippen LogP contribution in [0.2, 0.25) is 0 Å². The molecule has 4 heteroatoms. The van der Waals surface area contributed by atoms with E-state index in [1.54, 1.807) is 0 Å². The van der Waals surface area contributed by atoms with Crippen LogP contribution in [0.4, 0.5) is 0 Å². The number of hydrogen-bond acceptors (Lipinski definition) is 4.